The SMILES string of the molecule is N#Cc1cccc(-c2cnc(N3CCN4CCN(C#N)CC4C3=O)s2)c1. The van der Waals surface area contributed by atoms with Crippen molar-refractivity contribution in [3.05, 3.63) is 36.0 Å². The normalized spacial score (nSPS) is 20.4. The van der Waals surface area contributed by atoms with E-state index in [1.807, 2.05) is 18.2 Å². The molecule has 1 amide bonds. The summed E-state index contributed by atoms with van der Waals surface area (Å²) >= 11 is 1.45. The summed E-state index contributed by atoms with van der Waals surface area (Å²) in [4.78, 5) is 23.8. The summed E-state index contributed by atoms with van der Waals surface area (Å²) in [6, 6.07) is 9.21. The lowest BCUT2D eigenvalue weighted by Crippen LogP contribution is -2.64. The molecular weight excluding hydrogens is 348 g/mol. The van der Waals surface area contributed by atoms with Gasteiger partial charge in [0.2, 0.25) is 5.91 Å². The number of hydrogen-bond acceptors (Lipinski definition) is 7. The number of hydrogen-bond donors (Lipinski definition) is 0. The van der Waals surface area contributed by atoms with Gasteiger partial charge in [-0.05, 0) is 17.7 Å². The van der Waals surface area contributed by atoms with E-state index in [2.05, 4.69) is 22.1 Å². The lowest BCUT2D eigenvalue weighted by atomic mass is 10.1. The minimum Gasteiger partial charge on any atom is -0.307 e. The molecule has 0 spiro atoms. The van der Waals surface area contributed by atoms with Gasteiger partial charge in [-0.15, -0.1) is 0 Å². The van der Waals surface area contributed by atoms with Crippen LogP contribution in [-0.4, -0.2) is 59.5 Å². The molecule has 2 aliphatic heterocycles. The maximum absolute atomic E-state index is 12.9. The molecule has 2 saturated heterocycles. The molecule has 1 unspecified atom stereocenters. The van der Waals surface area contributed by atoms with Gasteiger partial charge in [0, 0.05) is 32.4 Å². The minimum absolute atomic E-state index is 0.00266. The predicted molar refractivity (Wildman–Crippen MR) is 97.2 cm³/mol. The van der Waals surface area contributed by atoms with Gasteiger partial charge in [-0.2, -0.15) is 10.5 Å². The molecule has 1 aromatic heterocycles. The summed E-state index contributed by atoms with van der Waals surface area (Å²) < 4.78 is 0. The van der Waals surface area contributed by atoms with Gasteiger partial charge >= 0.3 is 0 Å². The van der Waals surface area contributed by atoms with Gasteiger partial charge in [-0.25, -0.2) is 4.98 Å². The van der Waals surface area contributed by atoms with Crippen molar-refractivity contribution in [1.82, 2.24) is 14.8 Å². The van der Waals surface area contributed by atoms with Crippen molar-refractivity contribution in [2.45, 2.75) is 6.04 Å². The van der Waals surface area contributed by atoms with Crippen molar-refractivity contribution in [1.29, 1.82) is 10.5 Å². The average molecular weight is 364 g/mol. The van der Waals surface area contributed by atoms with Crippen molar-refractivity contribution in [3.8, 4) is 22.7 Å². The first-order valence-electron chi connectivity index (χ1n) is 8.36. The highest BCUT2D eigenvalue weighted by molar-refractivity contribution is 7.19. The first-order valence-corrected chi connectivity index (χ1v) is 9.18. The molecule has 7 nitrogen and oxygen atoms in total. The lowest BCUT2D eigenvalue weighted by molar-refractivity contribution is -0.127. The van der Waals surface area contributed by atoms with Crippen molar-refractivity contribution in [3.63, 3.8) is 0 Å². The van der Waals surface area contributed by atoms with Crippen LogP contribution in [0.4, 0.5) is 5.13 Å². The smallest absolute Gasteiger partial charge is 0.248 e. The van der Waals surface area contributed by atoms with Crippen LogP contribution < -0.4 is 4.90 Å². The fraction of sp³-hybridized carbons (Fsp3) is 0.333. The molecule has 2 fully saturated rings. The highest BCUT2D eigenvalue weighted by atomic mass is 32.1. The highest BCUT2D eigenvalue weighted by Crippen LogP contribution is 2.33. The summed E-state index contributed by atoms with van der Waals surface area (Å²) in [6.45, 7) is 3.24. The summed E-state index contributed by atoms with van der Waals surface area (Å²) in [5.41, 5.74) is 1.52. The van der Waals surface area contributed by atoms with Crippen LogP contribution in [0.2, 0.25) is 0 Å². The third-order valence-electron chi connectivity index (χ3n) is 4.80. The molecule has 130 valence electrons. The van der Waals surface area contributed by atoms with Gasteiger partial charge in [0.1, 0.15) is 6.04 Å². The van der Waals surface area contributed by atoms with E-state index in [1.54, 1.807) is 22.1 Å². The molecule has 1 aromatic carbocycles. The second-order valence-corrected chi connectivity index (χ2v) is 7.30. The van der Waals surface area contributed by atoms with Crippen LogP contribution in [-0.2, 0) is 4.79 Å². The number of benzene rings is 1. The Hall–Kier alpha value is -2.94. The van der Waals surface area contributed by atoms with E-state index >= 15 is 0 Å². The monoisotopic (exact) mass is 364 g/mol. The number of nitriles is 2. The zero-order valence-corrected chi connectivity index (χ0v) is 14.8. The van der Waals surface area contributed by atoms with Gasteiger partial charge in [-0.1, -0.05) is 23.5 Å². The van der Waals surface area contributed by atoms with Gasteiger partial charge in [0.15, 0.2) is 11.3 Å². The van der Waals surface area contributed by atoms with Crippen LogP contribution in [0.3, 0.4) is 0 Å². The van der Waals surface area contributed by atoms with Crippen LogP contribution in [0.5, 0.6) is 0 Å². The third kappa shape index (κ3) is 2.90. The second kappa shape index (κ2) is 6.75. The fourth-order valence-electron chi connectivity index (χ4n) is 3.39. The van der Waals surface area contributed by atoms with Crippen LogP contribution >= 0.6 is 11.3 Å². The molecule has 0 radical (unpaired) electrons. The number of carbonyl (C=O) groups is 1. The Kier molecular flexibility index (Phi) is 4.29. The summed E-state index contributed by atoms with van der Waals surface area (Å²) in [5.74, 6) is 0.00266. The first kappa shape index (κ1) is 16.5. The predicted octanol–water partition coefficient (Wildman–Crippen LogP) is 1.50. The summed E-state index contributed by atoms with van der Waals surface area (Å²) in [5, 5.41) is 18.8. The quantitative estimate of drug-likeness (QED) is 0.751. The number of fused-ring (bicyclic) bond motifs is 1. The average Bonchev–Trinajstić information content (AvgIpc) is 3.18. The molecular formula is C18H16N6OS. The minimum atomic E-state index is -0.286. The van der Waals surface area contributed by atoms with E-state index in [0.717, 1.165) is 23.5 Å². The molecule has 26 heavy (non-hydrogen) atoms. The number of carbonyl (C=O) groups excluding carboxylic acids is 1. The molecule has 0 saturated carbocycles. The molecule has 0 aliphatic carbocycles. The highest BCUT2D eigenvalue weighted by Gasteiger charge is 2.39. The zero-order valence-electron chi connectivity index (χ0n) is 14.0. The number of anilines is 1. The first-order chi connectivity index (χ1) is 12.7. The van der Waals surface area contributed by atoms with E-state index < -0.39 is 0 Å². The van der Waals surface area contributed by atoms with Gasteiger partial charge in [0.25, 0.3) is 0 Å². The van der Waals surface area contributed by atoms with Crippen molar-refractivity contribution in [2.24, 2.45) is 0 Å². The van der Waals surface area contributed by atoms with E-state index in [0.29, 0.717) is 30.3 Å². The molecule has 2 aromatic rings. The standard InChI is InChI=1S/C18H16N6OS/c19-9-13-2-1-3-14(8-13)16-10-21-18(26-16)24-7-6-23-5-4-22(12-20)11-15(23)17(24)25/h1-3,8,10,15H,4-7,11H2. The van der Waals surface area contributed by atoms with E-state index in [-0.39, 0.29) is 11.9 Å². The molecule has 0 N–H and O–H groups in total. The Labute approximate surface area is 155 Å². The topological polar surface area (TPSA) is 87.3 Å². The Morgan fingerprint density at radius 2 is 2.04 bits per heavy atom. The number of nitrogens with zero attached hydrogens (tertiary/aromatic N) is 6. The molecule has 0 bridgehead atoms. The Morgan fingerprint density at radius 3 is 2.85 bits per heavy atom. The second-order valence-electron chi connectivity index (χ2n) is 6.29. The van der Waals surface area contributed by atoms with Crippen LogP contribution in [0.25, 0.3) is 10.4 Å². The van der Waals surface area contributed by atoms with E-state index in [1.165, 1.54) is 11.3 Å². The largest absolute Gasteiger partial charge is 0.307 e. The van der Waals surface area contributed by atoms with Gasteiger partial charge in [-0.3, -0.25) is 14.6 Å². The van der Waals surface area contributed by atoms with Gasteiger partial charge in [0.05, 0.1) is 23.1 Å². The number of amides is 1. The van der Waals surface area contributed by atoms with E-state index in [9.17, 15) is 4.79 Å². The third-order valence-corrected chi connectivity index (χ3v) is 5.86. The number of thiazole rings is 1. The fourth-order valence-corrected chi connectivity index (χ4v) is 4.33. The maximum Gasteiger partial charge on any atom is 0.248 e. The lowest BCUT2D eigenvalue weighted by Gasteiger charge is -2.44. The number of aromatic nitrogens is 1. The Morgan fingerprint density at radius 1 is 1.19 bits per heavy atom. The van der Waals surface area contributed by atoms with Crippen LogP contribution in [0.1, 0.15) is 5.56 Å². The number of rotatable bonds is 2. The van der Waals surface area contributed by atoms with Crippen LogP contribution in [0.15, 0.2) is 30.5 Å². The Bertz CT molecular complexity index is 926. The summed E-state index contributed by atoms with van der Waals surface area (Å²) in [7, 11) is 0. The molecule has 1 atom stereocenters. The molecule has 8 heteroatoms. The van der Waals surface area contributed by atoms with Crippen molar-refractivity contribution < 1.29 is 4.79 Å². The Balaban J connectivity index is 1.57. The molecule has 4 rings (SSSR count). The number of piperazine rings is 2. The van der Waals surface area contributed by atoms with Gasteiger partial charge < -0.3 is 4.90 Å². The maximum atomic E-state index is 12.9. The van der Waals surface area contributed by atoms with Crippen molar-refractivity contribution in [2.75, 3.05) is 37.6 Å². The molecule has 2 aliphatic rings. The zero-order chi connectivity index (χ0) is 18.1. The molecule has 3 heterocycles. The van der Waals surface area contributed by atoms with Crippen LogP contribution in [0, 0.1) is 22.8 Å². The summed E-state index contributed by atoms with van der Waals surface area (Å²) in [6.07, 6.45) is 3.89. The van der Waals surface area contributed by atoms with Crippen molar-refractivity contribution >= 4 is 22.4 Å². The van der Waals surface area contributed by atoms with E-state index in [4.69, 9.17) is 10.5 Å².